The van der Waals surface area contributed by atoms with Crippen molar-refractivity contribution >= 4 is 55.7 Å². The summed E-state index contributed by atoms with van der Waals surface area (Å²) in [5, 5.41) is 1.79. The SMILES string of the molecule is C#CCOc1cc(Br)c(/C=C2/SC(=O)N(Cc3cccc4ccccc34)C2=O)cc1OC. The second kappa shape index (κ2) is 9.51. The number of amides is 2. The van der Waals surface area contributed by atoms with Crippen molar-refractivity contribution in [3.63, 3.8) is 0 Å². The minimum atomic E-state index is -0.327. The molecule has 1 fully saturated rings. The summed E-state index contributed by atoms with van der Waals surface area (Å²) in [6.45, 7) is 0.321. The molecule has 3 aromatic rings. The van der Waals surface area contributed by atoms with Gasteiger partial charge in [-0.3, -0.25) is 14.5 Å². The molecule has 1 heterocycles. The van der Waals surface area contributed by atoms with Crippen LogP contribution in [0, 0.1) is 12.3 Å². The number of carbonyl (C=O) groups excluding carboxylic acids is 2. The number of nitrogens with zero attached hydrogens (tertiary/aromatic N) is 1. The summed E-state index contributed by atoms with van der Waals surface area (Å²) in [6.07, 6.45) is 6.93. The third-order valence-corrected chi connectivity index (χ3v) is 6.56. The number of ether oxygens (including phenoxy) is 2. The lowest BCUT2D eigenvalue weighted by Crippen LogP contribution is -2.27. The molecule has 7 heteroatoms. The van der Waals surface area contributed by atoms with Gasteiger partial charge in [0.1, 0.15) is 6.61 Å². The Labute approximate surface area is 198 Å². The average Bonchev–Trinajstić information content (AvgIpc) is 3.06. The van der Waals surface area contributed by atoms with E-state index < -0.39 is 0 Å². The highest BCUT2D eigenvalue weighted by Gasteiger charge is 2.35. The largest absolute Gasteiger partial charge is 0.493 e. The van der Waals surface area contributed by atoms with Gasteiger partial charge in [-0.1, -0.05) is 64.3 Å². The van der Waals surface area contributed by atoms with Crippen LogP contribution in [0.5, 0.6) is 11.5 Å². The molecule has 5 nitrogen and oxygen atoms in total. The summed E-state index contributed by atoms with van der Waals surface area (Å²) < 4.78 is 11.6. The van der Waals surface area contributed by atoms with Crippen LogP contribution in [0.3, 0.4) is 0 Å². The second-order valence-corrected chi connectivity index (χ2v) is 8.77. The zero-order valence-corrected chi connectivity index (χ0v) is 19.5. The molecule has 2 amide bonds. The summed E-state index contributed by atoms with van der Waals surface area (Å²) in [7, 11) is 1.52. The van der Waals surface area contributed by atoms with Gasteiger partial charge in [0.15, 0.2) is 11.5 Å². The van der Waals surface area contributed by atoms with Crippen molar-refractivity contribution in [1.29, 1.82) is 0 Å². The number of rotatable bonds is 6. The molecule has 1 saturated heterocycles. The summed E-state index contributed by atoms with van der Waals surface area (Å²) in [5.74, 6) is 3.04. The second-order valence-electron chi connectivity index (χ2n) is 6.92. The van der Waals surface area contributed by atoms with Crippen LogP contribution in [-0.4, -0.2) is 29.8 Å². The molecule has 0 N–H and O–H groups in total. The van der Waals surface area contributed by atoms with Gasteiger partial charge < -0.3 is 9.47 Å². The Morgan fingerprint density at radius 2 is 1.91 bits per heavy atom. The van der Waals surface area contributed by atoms with Crippen LogP contribution in [0.1, 0.15) is 11.1 Å². The minimum Gasteiger partial charge on any atom is -0.493 e. The molecule has 0 spiro atoms. The van der Waals surface area contributed by atoms with E-state index in [1.807, 2.05) is 42.5 Å². The Kier molecular flexibility index (Phi) is 6.54. The summed E-state index contributed by atoms with van der Waals surface area (Å²) >= 11 is 4.41. The van der Waals surface area contributed by atoms with Crippen molar-refractivity contribution in [1.82, 2.24) is 4.90 Å². The number of thioether (sulfide) groups is 1. The van der Waals surface area contributed by atoms with Gasteiger partial charge >= 0.3 is 0 Å². The van der Waals surface area contributed by atoms with Crippen molar-refractivity contribution in [2.75, 3.05) is 13.7 Å². The van der Waals surface area contributed by atoms with Gasteiger partial charge in [-0.2, -0.15) is 0 Å². The van der Waals surface area contributed by atoms with Crippen LogP contribution < -0.4 is 9.47 Å². The molecular weight excluding hydrogens is 490 g/mol. The molecular formula is C25H18BrNO4S. The molecule has 1 aliphatic rings. The molecule has 0 atom stereocenters. The minimum absolute atomic E-state index is 0.106. The van der Waals surface area contributed by atoms with Crippen LogP contribution in [-0.2, 0) is 11.3 Å². The van der Waals surface area contributed by atoms with Crippen LogP contribution in [0.4, 0.5) is 4.79 Å². The van der Waals surface area contributed by atoms with Crippen molar-refractivity contribution in [2.24, 2.45) is 0 Å². The third kappa shape index (κ3) is 4.38. The van der Waals surface area contributed by atoms with E-state index in [2.05, 4.69) is 21.9 Å². The number of methoxy groups -OCH3 is 1. The molecule has 0 bridgehead atoms. The number of terminal acetylenes is 1. The Balaban J connectivity index is 1.62. The Morgan fingerprint density at radius 3 is 2.69 bits per heavy atom. The molecule has 4 rings (SSSR count). The summed E-state index contributed by atoms with van der Waals surface area (Å²) in [5.41, 5.74) is 1.61. The molecule has 0 aliphatic carbocycles. The van der Waals surface area contributed by atoms with E-state index in [-0.39, 0.29) is 24.3 Å². The van der Waals surface area contributed by atoms with Crippen LogP contribution in [0.15, 0.2) is 64.0 Å². The van der Waals surface area contributed by atoms with E-state index in [9.17, 15) is 9.59 Å². The standard InChI is InChI=1S/C25H18BrNO4S/c1-3-11-31-22-14-20(26)18(12-21(22)30-2)13-23-24(28)27(25(29)32-23)15-17-9-6-8-16-7-4-5-10-19(16)17/h1,4-10,12-14H,11,15H2,2H3/b23-13+. The van der Waals surface area contributed by atoms with Gasteiger partial charge in [0.25, 0.3) is 11.1 Å². The Hall–Kier alpha value is -3.21. The van der Waals surface area contributed by atoms with Crippen LogP contribution in [0.25, 0.3) is 16.8 Å². The normalized spacial score (nSPS) is 14.8. The van der Waals surface area contributed by atoms with E-state index in [0.29, 0.717) is 26.4 Å². The number of hydrogen-bond donors (Lipinski definition) is 0. The zero-order chi connectivity index (χ0) is 22.7. The lowest BCUT2D eigenvalue weighted by atomic mass is 10.0. The molecule has 3 aromatic carbocycles. The first kappa shape index (κ1) is 22.0. The van der Waals surface area contributed by atoms with Gasteiger partial charge in [0, 0.05) is 4.47 Å². The molecule has 32 heavy (non-hydrogen) atoms. The molecule has 0 saturated carbocycles. The fraction of sp³-hybridized carbons (Fsp3) is 0.120. The van der Waals surface area contributed by atoms with Gasteiger partial charge in [-0.05, 0) is 51.9 Å². The van der Waals surface area contributed by atoms with Gasteiger partial charge in [-0.25, -0.2) is 0 Å². The number of imide groups is 1. The van der Waals surface area contributed by atoms with Crippen LogP contribution >= 0.6 is 27.7 Å². The number of hydrogen-bond acceptors (Lipinski definition) is 5. The lowest BCUT2D eigenvalue weighted by molar-refractivity contribution is -0.123. The average molecular weight is 508 g/mol. The molecule has 160 valence electrons. The highest BCUT2D eigenvalue weighted by atomic mass is 79.9. The fourth-order valence-corrected chi connectivity index (χ4v) is 4.70. The van der Waals surface area contributed by atoms with E-state index in [0.717, 1.165) is 28.1 Å². The molecule has 0 radical (unpaired) electrons. The maximum atomic E-state index is 13.1. The first-order valence-electron chi connectivity index (χ1n) is 9.67. The first-order valence-corrected chi connectivity index (χ1v) is 11.3. The number of carbonyl (C=O) groups is 2. The maximum absolute atomic E-state index is 13.1. The smallest absolute Gasteiger partial charge is 0.293 e. The van der Waals surface area contributed by atoms with Gasteiger partial charge in [-0.15, -0.1) is 6.42 Å². The van der Waals surface area contributed by atoms with Crippen molar-refractivity contribution in [2.45, 2.75) is 6.54 Å². The Morgan fingerprint density at radius 1 is 1.12 bits per heavy atom. The predicted molar refractivity (Wildman–Crippen MR) is 130 cm³/mol. The first-order chi connectivity index (χ1) is 15.5. The topological polar surface area (TPSA) is 55.8 Å². The van der Waals surface area contributed by atoms with Gasteiger partial charge in [0.05, 0.1) is 18.6 Å². The molecule has 0 aromatic heterocycles. The zero-order valence-electron chi connectivity index (χ0n) is 17.1. The number of benzene rings is 3. The third-order valence-electron chi connectivity index (χ3n) is 4.96. The Bertz CT molecular complexity index is 1290. The maximum Gasteiger partial charge on any atom is 0.293 e. The molecule has 0 unspecified atom stereocenters. The number of fused-ring (bicyclic) bond motifs is 1. The van der Waals surface area contributed by atoms with E-state index in [1.165, 1.54) is 12.0 Å². The highest BCUT2D eigenvalue weighted by molar-refractivity contribution is 9.10. The van der Waals surface area contributed by atoms with Gasteiger partial charge in [0.2, 0.25) is 0 Å². The predicted octanol–water partition coefficient (Wildman–Crippen LogP) is 5.86. The summed E-state index contributed by atoms with van der Waals surface area (Å²) in [4.78, 5) is 27.3. The van der Waals surface area contributed by atoms with E-state index >= 15 is 0 Å². The lowest BCUT2D eigenvalue weighted by Gasteiger charge is -2.14. The van der Waals surface area contributed by atoms with Crippen LogP contribution in [0.2, 0.25) is 0 Å². The van der Waals surface area contributed by atoms with Crippen molar-refractivity contribution in [3.8, 4) is 23.8 Å². The number of halogens is 1. The molecule has 1 aliphatic heterocycles. The summed E-state index contributed by atoms with van der Waals surface area (Å²) in [6, 6.07) is 17.2. The van der Waals surface area contributed by atoms with E-state index in [4.69, 9.17) is 15.9 Å². The van der Waals surface area contributed by atoms with Crippen molar-refractivity contribution < 1.29 is 19.1 Å². The van der Waals surface area contributed by atoms with Crippen molar-refractivity contribution in [3.05, 3.63) is 75.1 Å². The highest BCUT2D eigenvalue weighted by Crippen LogP contribution is 2.38. The fourth-order valence-electron chi connectivity index (χ4n) is 3.43. The monoisotopic (exact) mass is 507 g/mol. The quantitative estimate of drug-likeness (QED) is 0.309. The van der Waals surface area contributed by atoms with E-state index in [1.54, 1.807) is 18.2 Å².